The van der Waals surface area contributed by atoms with E-state index in [1.54, 1.807) is 13.0 Å². The minimum atomic E-state index is -0.519. The van der Waals surface area contributed by atoms with Gasteiger partial charge < -0.3 is 14.8 Å². The molecule has 0 aliphatic heterocycles. The first kappa shape index (κ1) is 19.5. The first-order valence-corrected chi connectivity index (χ1v) is 8.31. The van der Waals surface area contributed by atoms with Gasteiger partial charge in [-0.25, -0.2) is 0 Å². The molecule has 0 aliphatic carbocycles. The number of nitro groups is 1. The molecule has 0 aromatic heterocycles. The van der Waals surface area contributed by atoms with E-state index in [4.69, 9.17) is 21.1 Å². The van der Waals surface area contributed by atoms with Crippen LogP contribution >= 0.6 is 11.6 Å². The molecule has 7 nitrogen and oxygen atoms in total. The zero-order valence-corrected chi connectivity index (χ0v) is 15.4. The molecule has 0 unspecified atom stereocenters. The summed E-state index contributed by atoms with van der Waals surface area (Å²) in [5.41, 5.74) is 1.20. The Hall–Kier alpha value is -2.80. The standard InChI is InChI=1S/C18H19ClN2O5/c1-4-7-26-17-14(19)8-12(9-16(17)25-3)18(22)20-15-10-13(21(23)24)6-5-11(15)2/h5-6,8-10H,4,7H2,1-3H3,(H,20,22). The third-order valence-electron chi connectivity index (χ3n) is 3.62. The molecule has 0 saturated carbocycles. The molecule has 1 N–H and O–H groups in total. The molecule has 0 spiro atoms. The smallest absolute Gasteiger partial charge is 0.271 e. The number of hydrogen-bond acceptors (Lipinski definition) is 5. The van der Waals surface area contributed by atoms with Crippen molar-refractivity contribution in [2.45, 2.75) is 20.3 Å². The topological polar surface area (TPSA) is 90.7 Å². The van der Waals surface area contributed by atoms with Crippen LogP contribution in [0.5, 0.6) is 11.5 Å². The van der Waals surface area contributed by atoms with Crippen molar-refractivity contribution in [2.75, 3.05) is 19.0 Å². The number of methoxy groups -OCH3 is 1. The van der Waals surface area contributed by atoms with Crippen molar-refractivity contribution in [1.29, 1.82) is 0 Å². The molecular formula is C18H19ClN2O5. The molecule has 0 radical (unpaired) electrons. The van der Waals surface area contributed by atoms with E-state index in [-0.39, 0.29) is 16.3 Å². The number of carbonyl (C=O) groups excluding carboxylic acids is 1. The number of nitrogens with one attached hydrogen (secondary N) is 1. The van der Waals surface area contributed by atoms with Crippen LogP contribution in [0.25, 0.3) is 0 Å². The van der Waals surface area contributed by atoms with Crippen molar-refractivity contribution in [2.24, 2.45) is 0 Å². The van der Waals surface area contributed by atoms with Gasteiger partial charge in [-0.15, -0.1) is 0 Å². The number of nitrogens with zero attached hydrogens (tertiary/aromatic N) is 1. The summed E-state index contributed by atoms with van der Waals surface area (Å²) >= 11 is 6.22. The summed E-state index contributed by atoms with van der Waals surface area (Å²) in [6.07, 6.45) is 0.799. The van der Waals surface area contributed by atoms with E-state index >= 15 is 0 Å². The molecule has 0 bridgehead atoms. The minimum absolute atomic E-state index is 0.107. The van der Waals surface area contributed by atoms with E-state index < -0.39 is 10.8 Å². The van der Waals surface area contributed by atoms with Gasteiger partial charge in [-0.05, 0) is 31.0 Å². The van der Waals surface area contributed by atoms with Crippen molar-refractivity contribution in [1.82, 2.24) is 0 Å². The first-order chi connectivity index (χ1) is 12.4. The summed E-state index contributed by atoms with van der Waals surface area (Å²) in [7, 11) is 1.46. The van der Waals surface area contributed by atoms with E-state index in [0.717, 1.165) is 6.42 Å². The Morgan fingerprint density at radius 1 is 1.31 bits per heavy atom. The van der Waals surface area contributed by atoms with Crippen LogP contribution in [0.4, 0.5) is 11.4 Å². The van der Waals surface area contributed by atoms with Crippen LogP contribution in [0.2, 0.25) is 5.02 Å². The molecule has 1 amide bonds. The lowest BCUT2D eigenvalue weighted by molar-refractivity contribution is -0.384. The lowest BCUT2D eigenvalue weighted by Crippen LogP contribution is -2.13. The SMILES string of the molecule is CCCOc1c(Cl)cc(C(=O)Nc2cc([N+](=O)[O-])ccc2C)cc1OC. The van der Waals surface area contributed by atoms with Crippen molar-refractivity contribution >= 4 is 28.9 Å². The van der Waals surface area contributed by atoms with Gasteiger partial charge in [0.05, 0.1) is 29.4 Å². The molecule has 0 saturated heterocycles. The Morgan fingerprint density at radius 2 is 2.04 bits per heavy atom. The lowest BCUT2D eigenvalue weighted by Gasteiger charge is -2.14. The molecule has 0 fully saturated rings. The molecule has 0 atom stereocenters. The summed E-state index contributed by atoms with van der Waals surface area (Å²) in [5.74, 6) is 0.252. The van der Waals surface area contributed by atoms with Gasteiger partial charge in [0, 0.05) is 17.7 Å². The van der Waals surface area contributed by atoms with Crippen molar-refractivity contribution in [3.8, 4) is 11.5 Å². The van der Waals surface area contributed by atoms with E-state index in [2.05, 4.69) is 5.32 Å². The second-order valence-electron chi connectivity index (χ2n) is 5.55. The van der Waals surface area contributed by atoms with Crippen LogP contribution in [0.3, 0.4) is 0 Å². The number of nitro benzene ring substituents is 1. The molecule has 0 heterocycles. The van der Waals surface area contributed by atoms with Crippen molar-refractivity contribution in [3.63, 3.8) is 0 Å². The van der Waals surface area contributed by atoms with Gasteiger partial charge in [0.2, 0.25) is 0 Å². The highest BCUT2D eigenvalue weighted by atomic mass is 35.5. The highest BCUT2D eigenvalue weighted by Gasteiger charge is 2.17. The van der Waals surface area contributed by atoms with Crippen LogP contribution in [0.15, 0.2) is 30.3 Å². The monoisotopic (exact) mass is 378 g/mol. The summed E-state index contributed by atoms with van der Waals surface area (Å²) in [6, 6.07) is 7.24. The zero-order chi connectivity index (χ0) is 19.3. The zero-order valence-electron chi connectivity index (χ0n) is 14.7. The number of halogens is 1. The number of amides is 1. The maximum absolute atomic E-state index is 12.6. The second kappa shape index (κ2) is 8.53. The quantitative estimate of drug-likeness (QED) is 0.561. The minimum Gasteiger partial charge on any atom is -0.493 e. The number of rotatable bonds is 7. The average Bonchev–Trinajstić information content (AvgIpc) is 2.61. The Bertz CT molecular complexity index is 839. The van der Waals surface area contributed by atoms with Crippen LogP contribution in [-0.4, -0.2) is 24.5 Å². The lowest BCUT2D eigenvalue weighted by atomic mass is 10.1. The van der Waals surface area contributed by atoms with E-state index in [1.165, 1.54) is 31.4 Å². The van der Waals surface area contributed by atoms with E-state index in [0.29, 0.717) is 29.4 Å². The fourth-order valence-electron chi connectivity index (χ4n) is 2.25. The van der Waals surface area contributed by atoms with Gasteiger partial charge in [-0.3, -0.25) is 14.9 Å². The van der Waals surface area contributed by atoms with Gasteiger partial charge in [-0.2, -0.15) is 0 Å². The maximum Gasteiger partial charge on any atom is 0.271 e. The molecule has 138 valence electrons. The average molecular weight is 379 g/mol. The molecule has 26 heavy (non-hydrogen) atoms. The largest absolute Gasteiger partial charge is 0.493 e. The van der Waals surface area contributed by atoms with Gasteiger partial charge >= 0.3 is 0 Å². The Labute approximate surface area is 156 Å². The third kappa shape index (κ3) is 4.43. The van der Waals surface area contributed by atoms with Crippen molar-refractivity contribution in [3.05, 3.63) is 56.6 Å². The van der Waals surface area contributed by atoms with E-state index in [1.807, 2.05) is 6.92 Å². The number of benzene rings is 2. The van der Waals surface area contributed by atoms with Gasteiger partial charge in [0.25, 0.3) is 11.6 Å². The highest BCUT2D eigenvalue weighted by Crippen LogP contribution is 2.37. The van der Waals surface area contributed by atoms with E-state index in [9.17, 15) is 14.9 Å². The number of carbonyl (C=O) groups is 1. The fourth-order valence-corrected chi connectivity index (χ4v) is 2.51. The number of ether oxygens (including phenoxy) is 2. The second-order valence-corrected chi connectivity index (χ2v) is 5.96. The first-order valence-electron chi connectivity index (χ1n) is 7.94. The highest BCUT2D eigenvalue weighted by molar-refractivity contribution is 6.32. The number of aryl methyl sites for hydroxylation is 1. The Morgan fingerprint density at radius 3 is 2.65 bits per heavy atom. The van der Waals surface area contributed by atoms with Crippen LogP contribution < -0.4 is 14.8 Å². The molecule has 2 rings (SSSR count). The third-order valence-corrected chi connectivity index (χ3v) is 3.90. The van der Waals surface area contributed by atoms with Crippen LogP contribution in [0, 0.1) is 17.0 Å². The summed E-state index contributed by atoms with van der Waals surface area (Å²) in [5, 5.41) is 13.8. The summed E-state index contributed by atoms with van der Waals surface area (Å²) in [6.45, 7) is 4.17. The molecule has 0 aliphatic rings. The molecular weight excluding hydrogens is 360 g/mol. The van der Waals surface area contributed by atoms with Crippen molar-refractivity contribution < 1.29 is 19.2 Å². The predicted octanol–water partition coefficient (Wildman–Crippen LogP) is 4.61. The molecule has 8 heteroatoms. The number of anilines is 1. The fraction of sp³-hybridized carbons (Fsp3) is 0.278. The molecule has 2 aromatic carbocycles. The normalized spacial score (nSPS) is 10.3. The predicted molar refractivity (Wildman–Crippen MR) is 99.6 cm³/mol. The van der Waals surface area contributed by atoms with Gasteiger partial charge in [0.15, 0.2) is 11.5 Å². The van der Waals surface area contributed by atoms with Gasteiger partial charge in [-0.1, -0.05) is 24.6 Å². The summed E-state index contributed by atoms with van der Waals surface area (Å²) < 4.78 is 10.8. The Balaban J connectivity index is 2.31. The number of hydrogen-bond donors (Lipinski definition) is 1. The molecule has 2 aromatic rings. The summed E-state index contributed by atoms with van der Waals surface area (Å²) in [4.78, 5) is 23.0. The van der Waals surface area contributed by atoms with Gasteiger partial charge in [0.1, 0.15) is 0 Å². The number of non-ortho nitro benzene ring substituents is 1. The van der Waals surface area contributed by atoms with Crippen LogP contribution in [-0.2, 0) is 0 Å². The maximum atomic E-state index is 12.6. The van der Waals surface area contributed by atoms with Crippen LogP contribution in [0.1, 0.15) is 29.3 Å². The Kier molecular flexibility index (Phi) is 6.41.